The Kier molecular flexibility index (Phi) is 5.21. The molecule has 1 N–H and O–H groups in total. The quantitative estimate of drug-likeness (QED) is 0.742. The largest absolute Gasteiger partial charge is 0.356 e. The van der Waals surface area contributed by atoms with E-state index in [9.17, 15) is 9.59 Å². The van der Waals surface area contributed by atoms with Crippen LogP contribution in [0.4, 0.5) is 0 Å². The molecule has 0 aliphatic carbocycles. The number of carbonyl (C=O) groups excluding carboxylic acids is 1. The van der Waals surface area contributed by atoms with Crippen molar-refractivity contribution in [3.05, 3.63) is 58.6 Å². The molecule has 0 spiro atoms. The summed E-state index contributed by atoms with van der Waals surface area (Å²) in [5, 5.41) is 7.25. The second-order valence-corrected chi connectivity index (χ2v) is 6.64. The highest BCUT2D eigenvalue weighted by Crippen LogP contribution is 2.22. The van der Waals surface area contributed by atoms with Crippen LogP contribution in [0.1, 0.15) is 38.7 Å². The van der Waals surface area contributed by atoms with E-state index in [1.54, 1.807) is 27.5 Å². The Hall–Kier alpha value is -2.89. The van der Waals surface area contributed by atoms with Crippen LogP contribution in [-0.4, -0.2) is 26.6 Å². The van der Waals surface area contributed by atoms with E-state index in [0.29, 0.717) is 24.5 Å². The van der Waals surface area contributed by atoms with E-state index in [4.69, 9.17) is 0 Å². The highest BCUT2D eigenvalue weighted by Gasteiger charge is 2.10. The molecule has 0 saturated carbocycles. The van der Waals surface area contributed by atoms with Crippen LogP contribution in [0.5, 0.6) is 0 Å². The van der Waals surface area contributed by atoms with E-state index in [2.05, 4.69) is 36.4 Å². The van der Waals surface area contributed by atoms with Crippen LogP contribution in [0, 0.1) is 0 Å². The number of hydrogen-bond acceptors (Lipinski definition) is 3. The van der Waals surface area contributed by atoms with Crippen LogP contribution in [0.2, 0.25) is 0 Å². The molecule has 0 unspecified atom stereocenters. The molecule has 6 nitrogen and oxygen atoms in total. The molecule has 0 atom stereocenters. The number of carbonyl (C=O) groups is 1. The van der Waals surface area contributed by atoms with Crippen molar-refractivity contribution >= 4 is 11.4 Å². The van der Waals surface area contributed by atoms with Crippen molar-refractivity contribution in [3.63, 3.8) is 0 Å². The van der Waals surface area contributed by atoms with Gasteiger partial charge in [0.15, 0.2) is 0 Å². The minimum absolute atomic E-state index is 0.0567. The Morgan fingerprint density at radius 2 is 1.92 bits per heavy atom. The fourth-order valence-corrected chi connectivity index (χ4v) is 2.89. The van der Waals surface area contributed by atoms with E-state index in [1.807, 2.05) is 19.1 Å². The molecular weight excluding hydrogens is 328 g/mol. The van der Waals surface area contributed by atoms with Gasteiger partial charge in [0.1, 0.15) is 5.52 Å². The molecule has 0 saturated heterocycles. The van der Waals surface area contributed by atoms with Gasteiger partial charge < -0.3 is 9.88 Å². The summed E-state index contributed by atoms with van der Waals surface area (Å²) in [5.74, 6) is 0.418. The first-order valence-corrected chi connectivity index (χ1v) is 8.95. The van der Waals surface area contributed by atoms with Gasteiger partial charge in [-0.3, -0.25) is 9.59 Å². The fraction of sp³-hybridized carbons (Fsp3) is 0.350. The number of benzene rings is 1. The minimum Gasteiger partial charge on any atom is -0.356 e. The summed E-state index contributed by atoms with van der Waals surface area (Å²) in [6.45, 7) is 7.13. The van der Waals surface area contributed by atoms with Crippen LogP contribution in [0.15, 0.2) is 47.5 Å². The zero-order chi connectivity index (χ0) is 18.7. The maximum atomic E-state index is 12.7. The number of hydrogen-bond donors (Lipinski definition) is 1. The van der Waals surface area contributed by atoms with E-state index < -0.39 is 0 Å². The second kappa shape index (κ2) is 7.56. The maximum Gasteiger partial charge on any atom is 0.276 e. The topological polar surface area (TPSA) is 68.4 Å². The van der Waals surface area contributed by atoms with Crippen LogP contribution in [-0.2, 0) is 11.3 Å². The lowest BCUT2D eigenvalue weighted by atomic mass is 10.0. The summed E-state index contributed by atoms with van der Waals surface area (Å²) in [5.41, 5.74) is 3.37. The standard InChI is InChI=1S/C20H24N4O2/c1-4-21-19(25)9-10-23-11-12-24-18(20(23)26)13-17(22-24)16-7-5-15(6-8-16)14(2)3/h5-8,11-14H,4,9-10H2,1-3H3,(H,21,25). The Morgan fingerprint density at radius 1 is 1.19 bits per heavy atom. The van der Waals surface area contributed by atoms with E-state index in [0.717, 1.165) is 11.3 Å². The summed E-state index contributed by atoms with van der Waals surface area (Å²) in [7, 11) is 0. The molecule has 0 aliphatic heterocycles. The predicted octanol–water partition coefficient (Wildman–Crippen LogP) is 2.81. The first kappa shape index (κ1) is 17.9. The number of fused-ring (bicyclic) bond motifs is 1. The lowest BCUT2D eigenvalue weighted by Gasteiger charge is -2.05. The molecule has 2 aromatic heterocycles. The molecule has 3 aromatic rings. The van der Waals surface area contributed by atoms with Gasteiger partial charge in [-0.25, -0.2) is 4.52 Å². The molecule has 6 heteroatoms. The number of amides is 1. The zero-order valence-corrected chi connectivity index (χ0v) is 15.4. The Balaban J connectivity index is 1.88. The van der Waals surface area contributed by atoms with Crippen LogP contribution in [0.25, 0.3) is 16.8 Å². The van der Waals surface area contributed by atoms with Gasteiger partial charge >= 0.3 is 0 Å². The van der Waals surface area contributed by atoms with Crippen molar-refractivity contribution in [2.24, 2.45) is 0 Å². The molecule has 0 bridgehead atoms. The van der Waals surface area contributed by atoms with Gasteiger partial charge in [-0.1, -0.05) is 38.1 Å². The first-order valence-electron chi connectivity index (χ1n) is 8.95. The molecule has 0 radical (unpaired) electrons. The van der Waals surface area contributed by atoms with E-state index in [-0.39, 0.29) is 17.9 Å². The Labute approximate surface area is 152 Å². The number of nitrogens with one attached hydrogen (secondary N) is 1. The van der Waals surface area contributed by atoms with Crippen LogP contribution >= 0.6 is 0 Å². The average molecular weight is 352 g/mol. The third kappa shape index (κ3) is 3.69. The highest BCUT2D eigenvalue weighted by molar-refractivity contribution is 5.75. The summed E-state index contributed by atoms with van der Waals surface area (Å²) >= 11 is 0. The zero-order valence-electron chi connectivity index (χ0n) is 15.4. The molecule has 0 fully saturated rings. The number of aryl methyl sites for hydroxylation is 1. The van der Waals surface area contributed by atoms with Gasteiger partial charge in [0.2, 0.25) is 5.91 Å². The number of nitrogens with zero attached hydrogens (tertiary/aromatic N) is 3. The number of aromatic nitrogens is 3. The first-order chi connectivity index (χ1) is 12.5. The third-order valence-corrected chi connectivity index (χ3v) is 4.43. The molecule has 26 heavy (non-hydrogen) atoms. The van der Waals surface area contributed by atoms with Gasteiger partial charge in [0, 0.05) is 37.5 Å². The summed E-state index contributed by atoms with van der Waals surface area (Å²) in [6, 6.07) is 10.0. The summed E-state index contributed by atoms with van der Waals surface area (Å²) in [6.07, 6.45) is 3.70. The van der Waals surface area contributed by atoms with Crippen LogP contribution < -0.4 is 10.9 Å². The Bertz CT molecular complexity index is 968. The van der Waals surface area contributed by atoms with E-state index >= 15 is 0 Å². The summed E-state index contributed by atoms with van der Waals surface area (Å²) < 4.78 is 3.15. The van der Waals surface area contributed by atoms with Gasteiger partial charge in [-0.2, -0.15) is 5.10 Å². The highest BCUT2D eigenvalue weighted by atomic mass is 16.1. The molecule has 1 aromatic carbocycles. The normalized spacial score (nSPS) is 11.2. The molecule has 3 rings (SSSR count). The molecule has 0 aliphatic rings. The fourth-order valence-electron chi connectivity index (χ4n) is 2.89. The van der Waals surface area contributed by atoms with Crippen molar-refractivity contribution in [2.45, 2.75) is 39.7 Å². The molecular formula is C20H24N4O2. The van der Waals surface area contributed by atoms with Gasteiger partial charge in [0.25, 0.3) is 5.56 Å². The van der Waals surface area contributed by atoms with Gasteiger partial charge in [-0.05, 0) is 24.5 Å². The lowest BCUT2D eigenvalue weighted by molar-refractivity contribution is -0.121. The maximum absolute atomic E-state index is 12.7. The van der Waals surface area contributed by atoms with Crippen molar-refractivity contribution in [1.82, 2.24) is 19.5 Å². The molecule has 136 valence electrons. The second-order valence-electron chi connectivity index (χ2n) is 6.64. The Morgan fingerprint density at radius 3 is 2.58 bits per heavy atom. The average Bonchev–Trinajstić information content (AvgIpc) is 3.07. The monoisotopic (exact) mass is 352 g/mol. The van der Waals surface area contributed by atoms with Crippen LogP contribution in [0.3, 0.4) is 0 Å². The summed E-state index contributed by atoms with van der Waals surface area (Å²) in [4.78, 5) is 24.3. The molecule has 2 heterocycles. The predicted molar refractivity (Wildman–Crippen MR) is 102 cm³/mol. The van der Waals surface area contributed by atoms with Crippen molar-refractivity contribution in [2.75, 3.05) is 6.54 Å². The molecule has 1 amide bonds. The number of rotatable bonds is 6. The van der Waals surface area contributed by atoms with Crippen molar-refractivity contribution in [1.29, 1.82) is 0 Å². The lowest BCUT2D eigenvalue weighted by Crippen LogP contribution is -2.27. The van der Waals surface area contributed by atoms with E-state index in [1.165, 1.54) is 5.56 Å². The van der Waals surface area contributed by atoms with Crippen molar-refractivity contribution in [3.8, 4) is 11.3 Å². The third-order valence-electron chi connectivity index (χ3n) is 4.43. The van der Waals surface area contributed by atoms with Crippen molar-refractivity contribution < 1.29 is 4.79 Å². The van der Waals surface area contributed by atoms with Gasteiger partial charge in [-0.15, -0.1) is 0 Å². The SMILES string of the molecule is CCNC(=O)CCn1ccn2nc(-c3ccc(C(C)C)cc3)cc2c1=O. The smallest absolute Gasteiger partial charge is 0.276 e. The van der Waals surface area contributed by atoms with Gasteiger partial charge in [0.05, 0.1) is 5.69 Å². The minimum atomic E-state index is -0.144.